The van der Waals surface area contributed by atoms with Crippen LogP contribution in [0, 0.1) is 11.8 Å². The molecular formula is C30H35NO4. The highest BCUT2D eigenvalue weighted by molar-refractivity contribution is 5.95. The van der Waals surface area contributed by atoms with Gasteiger partial charge in [-0.2, -0.15) is 0 Å². The maximum absolute atomic E-state index is 13.1. The third-order valence-corrected chi connectivity index (χ3v) is 6.63. The number of esters is 1. The summed E-state index contributed by atoms with van der Waals surface area (Å²) in [5.41, 5.74) is 3.18. The molecule has 1 aliphatic carbocycles. The van der Waals surface area contributed by atoms with Gasteiger partial charge in [-0.1, -0.05) is 80.9 Å². The first kappa shape index (κ1) is 24.8. The zero-order valence-corrected chi connectivity index (χ0v) is 20.9. The third-order valence-electron chi connectivity index (χ3n) is 6.63. The Morgan fingerprint density at radius 3 is 2.20 bits per heavy atom. The Kier molecular flexibility index (Phi) is 8.40. The van der Waals surface area contributed by atoms with Gasteiger partial charge in [-0.25, -0.2) is 9.78 Å². The molecule has 1 saturated carbocycles. The number of hydrogen-bond acceptors (Lipinski definition) is 5. The van der Waals surface area contributed by atoms with Gasteiger partial charge in [0.1, 0.15) is 18.5 Å². The van der Waals surface area contributed by atoms with Gasteiger partial charge in [-0.15, -0.1) is 0 Å². The molecule has 0 N–H and O–H groups in total. The van der Waals surface area contributed by atoms with E-state index in [9.17, 15) is 4.79 Å². The molecule has 0 aliphatic heterocycles. The van der Waals surface area contributed by atoms with Crippen LogP contribution in [0.15, 0.2) is 66.7 Å². The first-order chi connectivity index (χ1) is 17.0. The summed E-state index contributed by atoms with van der Waals surface area (Å²) in [6, 6.07) is 21.9. The number of carbonyl (C=O) groups is 1. The lowest BCUT2D eigenvalue weighted by Gasteiger charge is -2.35. The highest BCUT2D eigenvalue weighted by atomic mass is 16.5. The second-order valence-electron chi connectivity index (χ2n) is 9.42. The largest absolute Gasteiger partial charge is 0.489 e. The van der Waals surface area contributed by atoms with E-state index in [1.54, 1.807) is 6.92 Å². The molecular weight excluding hydrogens is 438 g/mol. The molecule has 35 heavy (non-hydrogen) atoms. The van der Waals surface area contributed by atoms with Crippen LogP contribution in [0.3, 0.4) is 0 Å². The van der Waals surface area contributed by atoms with Crippen LogP contribution in [0.5, 0.6) is 11.6 Å². The zero-order valence-electron chi connectivity index (χ0n) is 20.9. The predicted octanol–water partition coefficient (Wildman–Crippen LogP) is 6.63. The number of carbonyl (C=O) groups excluding carboxylic acids is 1. The molecule has 5 nitrogen and oxygen atoms in total. The van der Waals surface area contributed by atoms with Gasteiger partial charge in [-0.05, 0) is 42.7 Å². The maximum Gasteiger partial charge on any atom is 0.347 e. The Morgan fingerprint density at radius 1 is 0.943 bits per heavy atom. The van der Waals surface area contributed by atoms with Crippen LogP contribution in [0.25, 0.3) is 0 Å². The first-order valence-electron chi connectivity index (χ1n) is 12.6. The third kappa shape index (κ3) is 6.41. The summed E-state index contributed by atoms with van der Waals surface area (Å²) in [4.78, 5) is 17.9. The normalized spacial score (nSPS) is 19.7. The van der Waals surface area contributed by atoms with Crippen LogP contribution in [0.4, 0.5) is 0 Å². The highest BCUT2D eigenvalue weighted by Gasteiger charge is 2.32. The van der Waals surface area contributed by atoms with E-state index in [1.807, 2.05) is 54.6 Å². The highest BCUT2D eigenvalue weighted by Crippen LogP contribution is 2.37. The van der Waals surface area contributed by atoms with Gasteiger partial charge in [0.2, 0.25) is 5.88 Å². The second kappa shape index (κ2) is 11.9. The van der Waals surface area contributed by atoms with Gasteiger partial charge in [0.15, 0.2) is 5.56 Å². The number of pyridine rings is 1. The number of nitrogens with zero attached hydrogens (tertiary/aromatic N) is 1. The minimum absolute atomic E-state index is 0.0193. The molecule has 2 unspecified atom stereocenters. The molecule has 0 spiro atoms. The minimum atomic E-state index is -0.472. The van der Waals surface area contributed by atoms with Crippen LogP contribution in [0.1, 0.15) is 67.2 Å². The summed E-state index contributed by atoms with van der Waals surface area (Å²) < 4.78 is 18.2. The summed E-state index contributed by atoms with van der Waals surface area (Å²) >= 11 is 0. The smallest absolute Gasteiger partial charge is 0.347 e. The summed E-state index contributed by atoms with van der Waals surface area (Å²) in [7, 11) is 0. The van der Waals surface area contributed by atoms with E-state index in [1.165, 1.54) is 6.42 Å². The molecule has 5 heteroatoms. The van der Waals surface area contributed by atoms with Crippen molar-refractivity contribution in [2.75, 3.05) is 6.61 Å². The van der Waals surface area contributed by atoms with Crippen molar-refractivity contribution in [1.82, 2.24) is 4.98 Å². The Bertz CT molecular complexity index is 1090. The van der Waals surface area contributed by atoms with Gasteiger partial charge in [0, 0.05) is 12.5 Å². The van der Waals surface area contributed by atoms with Gasteiger partial charge in [0.05, 0.1) is 12.3 Å². The van der Waals surface area contributed by atoms with E-state index in [2.05, 4.69) is 26.0 Å². The SMILES string of the molecule is CCOC(=O)c1c(OC2C(C)CCCC2C)cc(Cc2ccccc2)nc1OCc1ccccc1. The number of benzene rings is 2. The van der Waals surface area contributed by atoms with Crippen molar-refractivity contribution in [3.05, 3.63) is 89.1 Å². The molecule has 1 aliphatic rings. The van der Waals surface area contributed by atoms with Crippen molar-refractivity contribution >= 4 is 5.97 Å². The van der Waals surface area contributed by atoms with Crippen molar-refractivity contribution in [2.24, 2.45) is 11.8 Å². The van der Waals surface area contributed by atoms with E-state index < -0.39 is 5.97 Å². The van der Waals surface area contributed by atoms with Crippen LogP contribution in [-0.4, -0.2) is 23.7 Å². The van der Waals surface area contributed by atoms with E-state index in [0.717, 1.165) is 29.7 Å². The molecule has 2 aromatic carbocycles. The summed E-state index contributed by atoms with van der Waals surface area (Å²) in [6.07, 6.45) is 4.06. The minimum Gasteiger partial charge on any atom is -0.489 e. The van der Waals surface area contributed by atoms with Gasteiger partial charge >= 0.3 is 5.97 Å². The molecule has 0 saturated heterocycles. The summed E-state index contributed by atoms with van der Waals surface area (Å²) in [5, 5.41) is 0. The van der Waals surface area contributed by atoms with Gasteiger partial charge in [0.25, 0.3) is 0 Å². The van der Waals surface area contributed by atoms with E-state index >= 15 is 0 Å². The lowest BCUT2D eigenvalue weighted by molar-refractivity contribution is 0.0438. The monoisotopic (exact) mass is 473 g/mol. The maximum atomic E-state index is 13.1. The van der Waals surface area contributed by atoms with Crippen molar-refractivity contribution in [3.8, 4) is 11.6 Å². The number of hydrogen-bond donors (Lipinski definition) is 0. The second-order valence-corrected chi connectivity index (χ2v) is 9.42. The molecule has 0 bridgehead atoms. The molecule has 1 aromatic heterocycles. The van der Waals surface area contributed by atoms with Gasteiger partial charge in [-0.3, -0.25) is 0 Å². The Hall–Kier alpha value is -3.34. The van der Waals surface area contributed by atoms with E-state index in [0.29, 0.717) is 30.6 Å². The van der Waals surface area contributed by atoms with Gasteiger partial charge < -0.3 is 14.2 Å². The Labute approximate surface area is 208 Å². The lowest BCUT2D eigenvalue weighted by Crippen LogP contribution is -2.36. The summed E-state index contributed by atoms with van der Waals surface area (Å²) in [6.45, 7) is 6.81. The molecule has 2 atom stereocenters. The fraction of sp³-hybridized carbons (Fsp3) is 0.400. The molecule has 0 amide bonds. The van der Waals surface area contributed by atoms with Crippen LogP contribution >= 0.6 is 0 Å². The molecule has 1 heterocycles. The number of ether oxygens (including phenoxy) is 3. The van der Waals surface area contributed by atoms with E-state index in [4.69, 9.17) is 19.2 Å². The van der Waals surface area contributed by atoms with Crippen LogP contribution < -0.4 is 9.47 Å². The number of rotatable bonds is 9. The average Bonchev–Trinajstić information content (AvgIpc) is 2.86. The molecule has 1 fully saturated rings. The standard InChI is InChI=1S/C30H35NO4/c1-4-33-30(32)27-26(35-28-21(2)12-11-13-22(28)3)19-25(18-23-14-7-5-8-15-23)31-29(27)34-20-24-16-9-6-10-17-24/h5-10,14-17,19,21-22,28H,4,11-13,18,20H2,1-3H3. The molecule has 3 aromatic rings. The van der Waals surface area contributed by atoms with Crippen LogP contribution in [0.2, 0.25) is 0 Å². The van der Waals surface area contributed by atoms with E-state index in [-0.39, 0.29) is 24.2 Å². The lowest BCUT2D eigenvalue weighted by atomic mass is 9.80. The Balaban J connectivity index is 1.74. The van der Waals surface area contributed by atoms with Crippen molar-refractivity contribution in [1.29, 1.82) is 0 Å². The van der Waals surface area contributed by atoms with Crippen molar-refractivity contribution in [3.63, 3.8) is 0 Å². The van der Waals surface area contributed by atoms with Crippen molar-refractivity contribution in [2.45, 2.75) is 59.2 Å². The fourth-order valence-corrected chi connectivity index (χ4v) is 4.79. The molecule has 184 valence electrons. The quantitative estimate of drug-likeness (QED) is 0.326. The topological polar surface area (TPSA) is 57.7 Å². The first-order valence-corrected chi connectivity index (χ1v) is 12.6. The average molecular weight is 474 g/mol. The summed E-state index contributed by atoms with van der Waals surface area (Å²) in [5.74, 6) is 1.08. The molecule has 4 rings (SSSR count). The van der Waals surface area contributed by atoms with Crippen molar-refractivity contribution < 1.29 is 19.0 Å². The Morgan fingerprint density at radius 2 is 1.57 bits per heavy atom. The van der Waals surface area contributed by atoms with Crippen LogP contribution in [-0.2, 0) is 17.8 Å². The predicted molar refractivity (Wildman–Crippen MR) is 137 cm³/mol. The number of aromatic nitrogens is 1. The zero-order chi connectivity index (χ0) is 24.6. The fourth-order valence-electron chi connectivity index (χ4n) is 4.79. The molecule has 0 radical (unpaired) electrons.